The number of carbonyl (C=O) groups excluding carboxylic acids is 1. The van der Waals surface area contributed by atoms with Crippen molar-refractivity contribution in [3.63, 3.8) is 0 Å². The van der Waals surface area contributed by atoms with Gasteiger partial charge in [-0.2, -0.15) is 0 Å². The average Bonchev–Trinajstić information content (AvgIpc) is 2.58. The summed E-state index contributed by atoms with van der Waals surface area (Å²) < 4.78 is 10.3. The van der Waals surface area contributed by atoms with Crippen LogP contribution >= 0.6 is 11.8 Å². The summed E-state index contributed by atoms with van der Waals surface area (Å²) in [5, 5.41) is 2.90. The maximum absolute atomic E-state index is 11.9. The molecule has 0 aliphatic rings. The van der Waals surface area contributed by atoms with Crippen molar-refractivity contribution in [2.24, 2.45) is 0 Å². The van der Waals surface area contributed by atoms with E-state index in [2.05, 4.69) is 5.32 Å². The van der Waals surface area contributed by atoms with Gasteiger partial charge < -0.3 is 14.8 Å². The van der Waals surface area contributed by atoms with E-state index in [-0.39, 0.29) is 5.91 Å². The monoisotopic (exact) mass is 317 g/mol. The molecule has 5 heteroatoms. The summed E-state index contributed by atoms with van der Waals surface area (Å²) in [5.74, 6) is 1.99. The molecule has 0 saturated heterocycles. The summed E-state index contributed by atoms with van der Waals surface area (Å²) in [5.41, 5.74) is 1.02. The first-order valence-corrected chi connectivity index (χ1v) is 7.86. The highest BCUT2D eigenvalue weighted by Crippen LogP contribution is 2.21. The first kappa shape index (κ1) is 16.2. The molecular formula is C17H19NO3S. The number of thioether (sulfide) groups is 1. The van der Waals surface area contributed by atoms with Crippen LogP contribution in [0.3, 0.4) is 0 Å². The molecule has 0 spiro atoms. The lowest BCUT2D eigenvalue weighted by Crippen LogP contribution is -2.24. The largest absolute Gasteiger partial charge is 0.497 e. The van der Waals surface area contributed by atoms with Crippen molar-refractivity contribution in [1.82, 2.24) is 5.32 Å². The van der Waals surface area contributed by atoms with Gasteiger partial charge in [0.2, 0.25) is 5.91 Å². The van der Waals surface area contributed by atoms with Gasteiger partial charge in [-0.25, -0.2) is 0 Å². The third-order valence-corrected chi connectivity index (χ3v) is 4.07. The predicted octanol–water partition coefficient (Wildman–Crippen LogP) is 3.11. The van der Waals surface area contributed by atoms with Crippen molar-refractivity contribution in [1.29, 1.82) is 0 Å². The molecule has 22 heavy (non-hydrogen) atoms. The second-order valence-corrected chi connectivity index (χ2v) is 5.64. The molecule has 2 aromatic rings. The molecule has 2 rings (SSSR count). The van der Waals surface area contributed by atoms with Crippen LogP contribution in [-0.2, 0) is 11.3 Å². The Bertz CT molecular complexity index is 614. The zero-order valence-corrected chi connectivity index (χ0v) is 13.5. The van der Waals surface area contributed by atoms with Crippen molar-refractivity contribution in [2.45, 2.75) is 11.4 Å². The van der Waals surface area contributed by atoms with Crippen LogP contribution in [-0.4, -0.2) is 25.9 Å². The van der Waals surface area contributed by atoms with Crippen molar-refractivity contribution in [3.05, 3.63) is 54.1 Å². The zero-order valence-electron chi connectivity index (χ0n) is 12.7. The minimum absolute atomic E-state index is 0.00337. The molecule has 116 valence electrons. The van der Waals surface area contributed by atoms with E-state index in [1.54, 1.807) is 14.2 Å². The van der Waals surface area contributed by atoms with Crippen LogP contribution in [0, 0.1) is 0 Å². The van der Waals surface area contributed by atoms with Crippen LogP contribution in [0.4, 0.5) is 0 Å². The minimum atomic E-state index is 0.00337. The molecule has 0 aromatic heterocycles. The van der Waals surface area contributed by atoms with Gasteiger partial charge in [-0.3, -0.25) is 4.79 Å². The van der Waals surface area contributed by atoms with Crippen LogP contribution in [0.5, 0.6) is 11.5 Å². The molecule has 0 saturated carbocycles. The van der Waals surface area contributed by atoms with Gasteiger partial charge in [0.1, 0.15) is 11.5 Å². The predicted molar refractivity (Wildman–Crippen MR) is 88.6 cm³/mol. The molecule has 0 atom stereocenters. The number of carbonyl (C=O) groups is 1. The molecule has 4 nitrogen and oxygen atoms in total. The Balaban J connectivity index is 1.77. The highest BCUT2D eigenvalue weighted by molar-refractivity contribution is 8.00. The molecule has 2 aromatic carbocycles. The Morgan fingerprint density at radius 1 is 1.05 bits per heavy atom. The van der Waals surface area contributed by atoms with E-state index in [4.69, 9.17) is 9.47 Å². The molecule has 0 unspecified atom stereocenters. The van der Waals surface area contributed by atoms with Gasteiger partial charge in [0.05, 0.1) is 20.0 Å². The summed E-state index contributed by atoms with van der Waals surface area (Å²) in [6.07, 6.45) is 0. The highest BCUT2D eigenvalue weighted by Gasteiger charge is 2.04. The topological polar surface area (TPSA) is 47.6 Å². The Hall–Kier alpha value is -2.14. The molecule has 0 heterocycles. The van der Waals surface area contributed by atoms with E-state index in [9.17, 15) is 4.79 Å². The summed E-state index contributed by atoms with van der Waals surface area (Å²) in [6.45, 7) is 0.499. The lowest BCUT2D eigenvalue weighted by atomic mass is 10.2. The van der Waals surface area contributed by atoms with Crippen molar-refractivity contribution < 1.29 is 14.3 Å². The fourth-order valence-electron chi connectivity index (χ4n) is 1.85. The first-order chi connectivity index (χ1) is 10.7. The van der Waals surface area contributed by atoms with E-state index in [0.717, 1.165) is 22.0 Å². The zero-order chi connectivity index (χ0) is 15.8. The molecule has 1 amide bonds. The molecule has 0 bridgehead atoms. The summed E-state index contributed by atoms with van der Waals surface area (Å²) >= 11 is 1.50. The summed E-state index contributed by atoms with van der Waals surface area (Å²) in [7, 11) is 3.26. The highest BCUT2D eigenvalue weighted by atomic mass is 32.2. The van der Waals surface area contributed by atoms with Crippen molar-refractivity contribution >= 4 is 17.7 Å². The number of hydrogen-bond donors (Lipinski definition) is 1. The molecule has 0 aliphatic heterocycles. The maximum Gasteiger partial charge on any atom is 0.230 e. The third kappa shape index (κ3) is 5.00. The van der Waals surface area contributed by atoms with Crippen LogP contribution in [0.15, 0.2) is 53.4 Å². The Morgan fingerprint density at radius 3 is 2.45 bits per heavy atom. The molecule has 0 fully saturated rings. The molecule has 0 aliphatic carbocycles. The van der Waals surface area contributed by atoms with Crippen molar-refractivity contribution in [3.8, 4) is 11.5 Å². The van der Waals surface area contributed by atoms with Gasteiger partial charge >= 0.3 is 0 Å². The average molecular weight is 317 g/mol. The Labute approximate surface area is 134 Å². The SMILES string of the molecule is COc1ccc(SCC(=O)NCc2cccc(OC)c2)cc1. The fraction of sp³-hybridized carbons (Fsp3) is 0.235. The second kappa shape index (κ2) is 8.34. The van der Waals surface area contributed by atoms with Gasteiger partial charge in [0.25, 0.3) is 0 Å². The number of amides is 1. The number of methoxy groups -OCH3 is 2. The number of ether oxygens (including phenoxy) is 2. The third-order valence-electron chi connectivity index (χ3n) is 3.05. The summed E-state index contributed by atoms with van der Waals surface area (Å²) in [6, 6.07) is 15.3. The van der Waals surface area contributed by atoms with E-state index < -0.39 is 0 Å². The quantitative estimate of drug-likeness (QED) is 0.797. The van der Waals surface area contributed by atoms with Crippen LogP contribution in [0.25, 0.3) is 0 Å². The number of rotatable bonds is 7. The Kier molecular flexibility index (Phi) is 6.15. The van der Waals surface area contributed by atoms with E-state index >= 15 is 0 Å². The van der Waals surface area contributed by atoms with Gasteiger partial charge in [-0.15, -0.1) is 11.8 Å². The normalized spacial score (nSPS) is 10.1. The standard InChI is InChI=1S/C17H19NO3S/c1-20-14-6-8-16(9-7-14)22-12-17(19)18-11-13-4-3-5-15(10-13)21-2/h3-10H,11-12H2,1-2H3,(H,18,19). The van der Waals surface area contributed by atoms with Gasteiger partial charge in [0.15, 0.2) is 0 Å². The first-order valence-electron chi connectivity index (χ1n) is 6.88. The minimum Gasteiger partial charge on any atom is -0.497 e. The second-order valence-electron chi connectivity index (χ2n) is 4.59. The van der Waals surface area contributed by atoms with Crippen LogP contribution in [0.1, 0.15) is 5.56 Å². The van der Waals surface area contributed by atoms with Gasteiger partial charge in [-0.05, 0) is 42.0 Å². The fourth-order valence-corrected chi connectivity index (χ4v) is 2.58. The maximum atomic E-state index is 11.9. The van der Waals surface area contributed by atoms with Gasteiger partial charge in [-0.1, -0.05) is 12.1 Å². The summed E-state index contributed by atoms with van der Waals surface area (Å²) in [4.78, 5) is 12.9. The molecular weight excluding hydrogens is 298 g/mol. The lowest BCUT2D eigenvalue weighted by molar-refractivity contribution is -0.118. The lowest BCUT2D eigenvalue weighted by Gasteiger charge is -2.07. The van der Waals surface area contributed by atoms with Crippen molar-refractivity contribution in [2.75, 3.05) is 20.0 Å². The van der Waals surface area contributed by atoms with Gasteiger partial charge in [0, 0.05) is 11.4 Å². The number of hydrogen-bond acceptors (Lipinski definition) is 4. The number of benzene rings is 2. The van der Waals surface area contributed by atoms with Crippen LogP contribution in [0.2, 0.25) is 0 Å². The molecule has 1 N–H and O–H groups in total. The Morgan fingerprint density at radius 2 is 1.77 bits per heavy atom. The molecule has 0 radical (unpaired) electrons. The van der Waals surface area contributed by atoms with E-state index in [1.165, 1.54) is 11.8 Å². The van der Waals surface area contributed by atoms with Crippen LogP contribution < -0.4 is 14.8 Å². The number of nitrogens with one attached hydrogen (secondary N) is 1. The smallest absolute Gasteiger partial charge is 0.230 e. The van der Waals surface area contributed by atoms with E-state index in [0.29, 0.717) is 12.3 Å². The van der Waals surface area contributed by atoms with E-state index in [1.807, 2.05) is 48.5 Å².